The highest BCUT2D eigenvalue weighted by Gasteiger charge is 2.27. The molecular weight excluding hydrogens is 306 g/mol. The number of nitrogens with two attached hydrogens (primary N) is 1. The Hall–Kier alpha value is -2.63. The Morgan fingerprint density at radius 3 is 2.79 bits per heavy atom. The second-order valence-electron chi connectivity index (χ2n) is 6.15. The monoisotopic (exact) mass is 327 g/mol. The summed E-state index contributed by atoms with van der Waals surface area (Å²) in [5, 5.41) is 0. The van der Waals surface area contributed by atoms with Crippen LogP contribution < -0.4 is 5.73 Å². The lowest BCUT2D eigenvalue weighted by molar-refractivity contribution is -0.134. The third-order valence-corrected chi connectivity index (χ3v) is 4.41. The maximum Gasteiger partial charge on any atom is 0.228 e. The van der Waals surface area contributed by atoms with Crippen molar-refractivity contribution in [2.75, 3.05) is 13.1 Å². The van der Waals surface area contributed by atoms with Gasteiger partial charge in [0.25, 0.3) is 0 Å². The van der Waals surface area contributed by atoms with E-state index in [2.05, 4.69) is 4.98 Å². The maximum absolute atomic E-state index is 12.5. The zero-order valence-corrected chi connectivity index (χ0v) is 13.7. The highest BCUT2D eigenvalue weighted by Crippen LogP contribution is 2.23. The molecule has 126 valence electrons. The number of carbonyl (C=O) groups excluding carboxylic acids is 2. The predicted octanol–water partition coefficient (Wildman–Crippen LogP) is 1.92. The SMILES string of the molecule is Cc1oc(-c2ccccc2)nc1CC(=O)N1CCCC(C(N)=O)C1. The molecule has 0 spiro atoms. The fraction of sp³-hybridized carbons (Fsp3) is 0.389. The normalized spacial score (nSPS) is 17.7. The molecule has 24 heavy (non-hydrogen) atoms. The fourth-order valence-corrected chi connectivity index (χ4v) is 2.99. The van der Waals surface area contributed by atoms with Crippen LogP contribution >= 0.6 is 0 Å². The number of carbonyl (C=O) groups is 2. The quantitative estimate of drug-likeness (QED) is 0.929. The zero-order chi connectivity index (χ0) is 17.1. The largest absolute Gasteiger partial charge is 0.441 e. The maximum atomic E-state index is 12.5. The van der Waals surface area contributed by atoms with Crippen LogP contribution in [0.4, 0.5) is 0 Å². The molecule has 1 aromatic carbocycles. The minimum atomic E-state index is -0.337. The number of piperidine rings is 1. The van der Waals surface area contributed by atoms with Crippen LogP contribution in [0.25, 0.3) is 11.5 Å². The molecular formula is C18H21N3O3. The molecule has 0 saturated carbocycles. The van der Waals surface area contributed by atoms with Gasteiger partial charge in [0.05, 0.1) is 18.0 Å². The molecule has 2 N–H and O–H groups in total. The van der Waals surface area contributed by atoms with Gasteiger partial charge in [-0.25, -0.2) is 4.98 Å². The van der Waals surface area contributed by atoms with Crippen molar-refractivity contribution in [1.29, 1.82) is 0 Å². The van der Waals surface area contributed by atoms with E-state index in [1.807, 2.05) is 37.3 Å². The Bertz CT molecular complexity index is 739. The van der Waals surface area contributed by atoms with Gasteiger partial charge >= 0.3 is 0 Å². The van der Waals surface area contributed by atoms with Gasteiger partial charge in [-0.15, -0.1) is 0 Å². The van der Waals surface area contributed by atoms with Gasteiger partial charge in [0.1, 0.15) is 5.76 Å². The number of oxazole rings is 1. The predicted molar refractivity (Wildman–Crippen MR) is 88.9 cm³/mol. The van der Waals surface area contributed by atoms with Gasteiger partial charge < -0.3 is 15.1 Å². The summed E-state index contributed by atoms with van der Waals surface area (Å²) in [5.41, 5.74) is 6.89. The molecule has 1 aliphatic heterocycles. The van der Waals surface area contributed by atoms with E-state index in [9.17, 15) is 9.59 Å². The van der Waals surface area contributed by atoms with E-state index in [0.29, 0.717) is 30.4 Å². The highest BCUT2D eigenvalue weighted by molar-refractivity contribution is 5.81. The summed E-state index contributed by atoms with van der Waals surface area (Å²) in [6.45, 7) is 2.87. The molecule has 3 rings (SSSR count). The molecule has 1 aromatic heterocycles. The number of hydrogen-bond acceptors (Lipinski definition) is 4. The summed E-state index contributed by atoms with van der Waals surface area (Å²) in [5.74, 6) is 0.532. The number of rotatable bonds is 4. The average molecular weight is 327 g/mol. The first-order valence-corrected chi connectivity index (χ1v) is 8.13. The first-order valence-electron chi connectivity index (χ1n) is 8.13. The zero-order valence-electron chi connectivity index (χ0n) is 13.7. The molecule has 1 unspecified atom stereocenters. The Kier molecular flexibility index (Phi) is 4.64. The van der Waals surface area contributed by atoms with Crippen molar-refractivity contribution in [1.82, 2.24) is 9.88 Å². The number of benzene rings is 1. The molecule has 0 aliphatic carbocycles. The first-order chi connectivity index (χ1) is 11.5. The topological polar surface area (TPSA) is 89.4 Å². The van der Waals surface area contributed by atoms with E-state index in [-0.39, 0.29) is 24.2 Å². The van der Waals surface area contributed by atoms with Gasteiger partial charge in [-0.2, -0.15) is 0 Å². The van der Waals surface area contributed by atoms with Gasteiger partial charge in [-0.1, -0.05) is 18.2 Å². The smallest absolute Gasteiger partial charge is 0.228 e. The van der Waals surface area contributed by atoms with Crippen LogP contribution in [0.3, 0.4) is 0 Å². The number of amides is 2. The summed E-state index contributed by atoms with van der Waals surface area (Å²) >= 11 is 0. The van der Waals surface area contributed by atoms with Gasteiger partial charge in [0.15, 0.2) is 0 Å². The van der Waals surface area contributed by atoms with Crippen molar-refractivity contribution < 1.29 is 14.0 Å². The fourth-order valence-electron chi connectivity index (χ4n) is 2.99. The lowest BCUT2D eigenvalue weighted by Gasteiger charge is -2.31. The lowest BCUT2D eigenvalue weighted by Crippen LogP contribution is -2.44. The molecule has 1 aliphatic rings. The molecule has 1 atom stereocenters. The van der Waals surface area contributed by atoms with E-state index in [4.69, 9.17) is 10.2 Å². The second kappa shape index (κ2) is 6.86. The van der Waals surface area contributed by atoms with E-state index in [1.54, 1.807) is 4.90 Å². The Morgan fingerprint density at radius 1 is 1.33 bits per heavy atom. The molecule has 1 saturated heterocycles. The van der Waals surface area contributed by atoms with Crippen LogP contribution in [0, 0.1) is 12.8 Å². The van der Waals surface area contributed by atoms with Crippen LogP contribution in [0.5, 0.6) is 0 Å². The summed E-state index contributed by atoms with van der Waals surface area (Å²) in [6.07, 6.45) is 1.72. The molecule has 2 heterocycles. The van der Waals surface area contributed by atoms with Crippen LogP contribution in [0.2, 0.25) is 0 Å². The van der Waals surface area contributed by atoms with Crippen molar-refractivity contribution in [2.24, 2.45) is 11.7 Å². The molecule has 1 fully saturated rings. The van der Waals surface area contributed by atoms with Crippen molar-refractivity contribution in [2.45, 2.75) is 26.2 Å². The molecule has 6 nitrogen and oxygen atoms in total. The first kappa shape index (κ1) is 16.2. The van der Waals surface area contributed by atoms with Crippen molar-refractivity contribution in [3.05, 3.63) is 41.8 Å². The Balaban J connectivity index is 1.71. The number of primary amides is 1. The molecule has 0 bridgehead atoms. The van der Waals surface area contributed by atoms with E-state index < -0.39 is 0 Å². The number of likely N-dealkylation sites (tertiary alicyclic amines) is 1. The third kappa shape index (κ3) is 3.48. The van der Waals surface area contributed by atoms with Gasteiger partial charge in [-0.3, -0.25) is 9.59 Å². The summed E-state index contributed by atoms with van der Waals surface area (Å²) in [6, 6.07) is 9.59. The number of aromatic nitrogens is 1. The minimum absolute atomic E-state index is 0.0445. The highest BCUT2D eigenvalue weighted by atomic mass is 16.4. The molecule has 6 heteroatoms. The van der Waals surface area contributed by atoms with Crippen LogP contribution in [0.15, 0.2) is 34.7 Å². The van der Waals surface area contributed by atoms with E-state index in [0.717, 1.165) is 18.4 Å². The van der Waals surface area contributed by atoms with Gasteiger partial charge in [0, 0.05) is 18.7 Å². The Morgan fingerprint density at radius 2 is 2.08 bits per heavy atom. The van der Waals surface area contributed by atoms with Crippen LogP contribution in [0.1, 0.15) is 24.3 Å². The molecule has 2 aromatic rings. The number of nitrogens with zero attached hydrogens (tertiary/aromatic N) is 2. The lowest BCUT2D eigenvalue weighted by atomic mass is 9.97. The Labute approximate surface area is 140 Å². The van der Waals surface area contributed by atoms with E-state index in [1.165, 1.54) is 0 Å². The van der Waals surface area contributed by atoms with Crippen LogP contribution in [-0.2, 0) is 16.0 Å². The average Bonchev–Trinajstić information content (AvgIpc) is 2.96. The standard InChI is InChI=1S/C18H21N3O3/c1-12-15(20-18(24-12)13-6-3-2-4-7-13)10-16(22)21-9-5-8-14(11-21)17(19)23/h2-4,6-7,14H,5,8-11H2,1H3,(H2,19,23). The minimum Gasteiger partial charge on any atom is -0.441 e. The summed E-state index contributed by atoms with van der Waals surface area (Å²) in [4.78, 5) is 30.0. The number of aryl methyl sites for hydroxylation is 1. The molecule has 0 radical (unpaired) electrons. The second-order valence-corrected chi connectivity index (χ2v) is 6.15. The van der Waals surface area contributed by atoms with Gasteiger partial charge in [0.2, 0.25) is 17.7 Å². The van der Waals surface area contributed by atoms with Crippen LogP contribution in [-0.4, -0.2) is 34.8 Å². The van der Waals surface area contributed by atoms with Crippen molar-refractivity contribution >= 4 is 11.8 Å². The third-order valence-electron chi connectivity index (χ3n) is 4.41. The number of hydrogen-bond donors (Lipinski definition) is 1. The van der Waals surface area contributed by atoms with Crippen molar-refractivity contribution in [3.63, 3.8) is 0 Å². The van der Waals surface area contributed by atoms with Crippen molar-refractivity contribution in [3.8, 4) is 11.5 Å². The van der Waals surface area contributed by atoms with Gasteiger partial charge in [-0.05, 0) is 31.9 Å². The molecule has 2 amide bonds. The van der Waals surface area contributed by atoms with E-state index >= 15 is 0 Å². The summed E-state index contributed by atoms with van der Waals surface area (Å²) < 4.78 is 5.69. The summed E-state index contributed by atoms with van der Waals surface area (Å²) in [7, 11) is 0.